The number of aromatic nitrogens is 3. The van der Waals surface area contributed by atoms with Gasteiger partial charge in [-0.3, -0.25) is 14.6 Å². The Hall–Kier alpha value is -3.48. The number of hydrogen-bond acceptors (Lipinski definition) is 5. The van der Waals surface area contributed by atoms with E-state index in [1.165, 1.54) is 0 Å². The molecular weight excluding hydrogens is 322 g/mol. The molecule has 0 aliphatic heterocycles. The molecule has 126 valence electrons. The van der Waals surface area contributed by atoms with Crippen LogP contribution in [0.3, 0.4) is 0 Å². The number of H-pyrrole nitrogens is 1. The maximum atomic E-state index is 12.0. The number of ether oxygens (including phenoxy) is 1. The lowest BCUT2D eigenvalue weighted by Crippen LogP contribution is -2.09. The fourth-order valence-corrected chi connectivity index (χ4v) is 2.19. The van der Waals surface area contributed by atoms with Crippen molar-refractivity contribution in [2.75, 3.05) is 6.61 Å². The van der Waals surface area contributed by atoms with Crippen molar-refractivity contribution in [2.24, 2.45) is 0 Å². The van der Waals surface area contributed by atoms with Crippen molar-refractivity contribution in [2.45, 2.75) is 6.42 Å². The SMILES string of the molecule is O=C(O)CCOc1ccc(/C=C/c2nc3cnccc3c(=O)[nH]2)cc1. The van der Waals surface area contributed by atoms with E-state index in [1.54, 1.807) is 36.7 Å². The molecule has 0 aliphatic rings. The Labute approximate surface area is 142 Å². The minimum atomic E-state index is -0.897. The molecule has 0 fully saturated rings. The number of aromatic amines is 1. The van der Waals surface area contributed by atoms with Crippen molar-refractivity contribution >= 4 is 29.0 Å². The molecule has 0 atom stereocenters. The molecule has 0 amide bonds. The molecule has 0 aliphatic carbocycles. The monoisotopic (exact) mass is 337 g/mol. The molecular formula is C18H15N3O4. The van der Waals surface area contributed by atoms with Crippen LogP contribution in [0.15, 0.2) is 47.5 Å². The second-order valence-electron chi connectivity index (χ2n) is 5.24. The maximum Gasteiger partial charge on any atom is 0.306 e. The summed E-state index contributed by atoms with van der Waals surface area (Å²) in [5.74, 6) is 0.139. The van der Waals surface area contributed by atoms with E-state index in [1.807, 2.05) is 18.2 Å². The molecule has 0 saturated carbocycles. The number of carbonyl (C=O) groups is 1. The predicted octanol–water partition coefficient (Wildman–Crippen LogP) is 2.34. The largest absolute Gasteiger partial charge is 0.493 e. The zero-order valence-corrected chi connectivity index (χ0v) is 13.2. The molecule has 25 heavy (non-hydrogen) atoms. The van der Waals surface area contributed by atoms with E-state index in [0.717, 1.165) is 5.56 Å². The van der Waals surface area contributed by atoms with Crippen LogP contribution in [-0.4, -0.2) is 32.6 Å². The van der Waals surface area contributed by atoms with Crippen LogP contribution in [0.2, 0.25) is 0 Å². The van der Waals surface area contributed by atoms with Gasteiger partial charge >= 0.3 is 5.97 Å². The van der Waals surface area contributed by atoms with E-state index in [9.17, 15) is 9.59 Å². The first-order chi connectivity index (χ1) is 12.1. The Kier molecular flexibility index (Phi) is 4.84. The van der Waals surface area contributed by atoms with Crippen LogP contribution in [0.25, 0.3) is 23.1 Å². The van der Waals surface area contributed by atoms with Crippen LogP contribution >= 0.6 is 0 Å². The number of nitrogens with zero attached hydrogens (tertiary/aromatic N) is 2. The molecule has 2 N–H and O–H groups in total. The van der Waals surface area contributed by atoms with Crippen LogP contribution in [0.4, 0.5) is 0 Å². The normalized spacial score (nSPS) is 11.0. The van der Waals surface area contributed by atoms with Gasteiger partial charge in [0, 0.05) is 6.20 Å². The number of carboxylic acids is 1. The summed E-state index contributed by atoms with van der Waals surface area (Å²) in [4.78, 5) is 33.5. The van der Waals surface area contributed by atoms with Gasteiger partial charge in [0.1, 0.15) is 11.6 Å². The first kappa shape index (κ1) is 16.4. The molecule has 2 heterocycles. The molecule has 1 aromatic carbocycles. The number of hydrogen-bond donors (Lipinski definition) is 2. The Morgan fingerprint density at radius 2 is 2.00 bits per heavy atom. The van der Waals surface area contributed by atoms with Crippen LogP contribution in [0.1, 0.15) is 17.8 Å². The molecule has 0 unspecified atom stereocenters. The highest BCUT2D eigenvalue weighted by Crippen LogP contribution is 2.14. The van der Waals surface area contributed by atoms with Gasteiger partial charge in [0.15, 0.2) is 0 Å². The summed E-state index contributed by atoms with van der Waals surface area (Å²) in [5.41, 5.74) is 1.21. The lowest BCUT2D eigenvalue weighted by atomic mass is 10.2. The first-order valence-corrected chi connectivity index (χ1v) is 7.58. The number of nitrogens with one attached hydrogen (secondary N) is 1. The zero-order chi connectivity index (χ0) is 17.6. The Morgan fingerprint density at radius 1 is 1.20 bits per heavy atom. The molecule has 7 nitrogen and oxygen atoms in total. The molecule has 0 bridgehead atoms. The van der Waals surface area contributed by atoms with Gasteiger partial charge in [0.2, 0.25) is 0 Å². The van der Waals surface area contributed by atoms with Crippen molar-refractivity contribution in [3.63, 3.8) is 0 Å². The summed E-state index contributed by atoms with van der Waals surface area (Å²) in [6.45, 7) is 0.126. The van der Waals surface area contributed by atoms with Crippen molar-refractivity contribution < 1.29 is 14.6 Å². The van der Waals surface area contributed by atoms with Gasteiger partial charge in [-0.2, -0.15) is 0 Å². The standard InChI is InChI=1S/C18H15N3O4/c22-17(23)8-10-25-13-4-1-12(2-5-13)3-6-16-20-15-11-19-9-7-14(15)18(24)21-16/h1-7,9,11H,8,10H2,(H,22,23)(H,20,21,24)/b6-3+. The van der Waals surface area contributed by atoms with E-state index in [-0.39, 0.29) is 18.6 Å². The van der Waals surface area contributed by atoms with Crippen LogP contribution in [0.5, 0.6) is 5.75 Å². The molecule has 2 aromatic heterocycles. The second kappa shape index (κ2) is 7.39. The summed E-state index contributed by atoms with van der Waals surface area (Å²) in [6.07, 6.45) is 6.56. The maximum absolute atomic E-state index is 12.0. The number of fused-ring (bicyclic) bond motifs is 1. The number of aliphatic carboxylic acids is 1. The van der Waals surface area contributed by atoms with E-state index in [4.69, 9.17) is 9.84 Å². The topological polar surface area (TPSA) is 105 Å². The van der Waals surface area contributed by atoms with Gasteiger partial charge in [0.05, 0.1) is 30.1 Å². The number of carboxylic acid groups (broad SMARTS) is 1. The smallest absolute Gasteiger partial charge is 0.306 e. The summed E-state index contributed by atoms with van der Waals surface area (Å²) < 4.78 is 5.33. The predicted molar refractivity (Wildman–Crippen MR) is 93.3 cm³/mol. The summed E-state index contributed by atoms with van der Waals surface area (Å²) >= 11 is 0. The third-order valence-corrected chi connectivity index (χ3v) is 3.43. The van der Waals surface area contributed by atoms with Gasteiger partial charge in [-0.1, -0.05) is 18.2 Å². The number of pyridine rings is 1. The average Bonchev–Trinajstić information content (AvgIpc) is 2.61. The summed E-state index contributed by atoms with van der Waals surface area (Å²) in [6, 6.07) is 8.78. The van der Waals surface area contributed by atoms with Gasteiger partial charge < -0.3 is 14.8 Å². The molecule has 0 spiro atoms. The summed E-state index contributed by atoms with van der Waals surface area (Å²) in [7, 11) is 0. The van der Waals surface area contributed by atoms with Crippen molar-refractivity contribution in [3.8, 4) is 5.75 Å². The Bertz CT molecular complexity index is 978. The fourth-order valence-electron chi connectivity index (χ4n) is 2.19. The second-order valence-corrected chi connectivity index (χ2v) is 5.24. The molecule has 3 aromatic rings. The highest BCUT2D eigenvalue weighted by atomic mass is 16.5. The third-order valence-electron chi connectivity index (χ3n) is 3.43. The van der Waals surface area contributed by atoms with E-state index in [2.05, 4.69) is 15.0 Å². The highest BCUT2D eigenvalue weighted by molar-refractivity contribution is 5.78. The van der Waals surface area contributed by atoms with Crippen molar-refractivity contribution in [1.82, 2.24) is 15.0 Å². The fraction of sp³-hybridized carbons (Fsp3) is 0.111. The van der Waals surface area contributed by atoms with Crippen molar-refractivity contribution in [1.29, 1.82) is 0 Å². The number of rotatable bonds is 6. The van der Waals surface area contributed by atoms with E-state index >= 15 is 0 Å². The number of benzene rings is 1. The Morgan fingerprint density at radius 3 is 2.76 bits per heavy atom. The quantitative estimate of drug-likeness (QED) is 0.715. The van der Waals surface area contributed by atoms with E-state index in [0.29, 0.717) is 22.5 Å². The summed E-state index contributed by atoms with van der Waals surface area (Å²) in [5, 5.41) is 9.07. The Balaban J connectivity index is 1.71. The lowest BCUT2D eigenvalue weighted by Gasteiger charge is -2.04. The molecule has 3 rings (SSSR count). The van der Waals surface area contributed by atoms with Crippen LogP contribution in [0, 0.1) is 0 Å². The van der Waals surface area contributed by atoms with Crippen LogP contribution < -0.4 is 10.3 Å². The third kappa shape index (κ3) is 4.29. The minimum absolute atomic E-state index is 0.0441. The lowest BCUT2D eigenvalue weighted by molar-refractivity contribution is -0.137. The van der Waals surface area contributed by atoms with Gasteiger partial charge in [-0.05, 0) is 29.8 Å². The molecule has 7 heteroatoms. The van der Waals surface area contributed by atoms with Gasteiger partial charge in [-0.25, -0.2) is 4.98 Å². The molecule has 0 saturated heterocycles. The zero-order valence-electron chi connectivity index (χ0n) is 13.2. The average molecular weight is 337 g/mol. The molecule has 0 radical (unpaired) electrons. The van der Waals surface area contributed by atoms with E-state index < -0.39 is 5.97 Å². The van der Waals surface area contributed by atoms with Gasteiger partial charge in [-0.15, -0.1) is 0 Å². The highest BCUT2D eigenvalue weighted by Gasteiger charge is 2.01. The van der Waals surface area contributed by atoms with Gasteiger partial charge in [0.25, 0.3) is 5.56 Å². The van der Waals surface area contributed by atoms with Crippen molar-refractivity contribution in [3.05, 3.63) is 64.5 Å². The van der Waals surface area contributed by atoms with Crippen LogP contribution in [-0.2, 0) is 4.79 Å². The first-order valence-electron chi connectivity index (χ1n) is 7.58. The minimum Gasteiger partial charge on any atom is -0.493 e.